The minimum absolute atomic E-state index is 0.0783. The molecule has 118 valence electrons. The maximum atomic E-state index is 12.8. The van der Waals surface area contributed by atoms with Gasteiger partial charge in [0.05, 0.1) is 11.1 Å². The molecule has 1 aliphatic carbocycles. The topological polar surface area (TPSA) is 0 Å². The van der Waals surface area contributed by atoms with Crippen molar-refractivity contribution in [3.05, 3.63) is 34.9 Å². The Bertz CT molecular complexity index is 482. The minimum atomic E-state index is -4.77. The summed E-state index contributed by atoms with van der Waals surface area (Å²) in [5.41, 5.74) is -2.30. The summed E-state index contributed by atoms with van der Waals surface area (Å²) >= 11 is 0. The number of rotatable bonds is 1. The van der Waals surface area contributed by atoms with Gasteiger partial charge in [0.1, 0.15) is 0 Å². The normalized spacial score (nSPS) is 27.1. The highest BCUT2D eigenvalue weighted by Crippen LogP contribution is 2.45. The van der Waals surface area contributed by atoms with Gasteiger partial charge in [-0.25, -0.2) is 0 Å². The predicted molar refractivity (Wildman–Crippen MR) is 66.7 cm³/mol. The van der Waals surface area contributed by atoms with Crippen LogP contribution in [0, 0.1) is 11.8 Å². The van der Waals surface area contributed by atoms with E-state index in [0.717, 1.165) is 18.6 Å². The molecule has 0 saturated heterocycles. The first-order valence-electron chi connectivity index (χ1n) is 6.79. The Labute approximate surface area is 119 Å². The van der Waals surface area contributed by atoms with Crippen molar-refractivity contribution in [2.24, 2.45) is 11.8 Å². The van der Waals surface area contributed by atoms with Gasteiger partial charge in [-0.05, 0) is 54.4 Å². The zero-order valence-corrected chi connectivity index (χ0v) is 11.6. The van der Waals surface area contributed by atoms with E-state index in [-0.39, 0.29) is 23.5 Å². The molecule has 21 heavy (non-hydrogen) atoms. The van der Waals surface area contributed by atoms with Crippen LogP contribution in [0.15, 0.2) is 18.2 Å². The van der Waals surface area contributed by atoms with Crippen molar-refractivity contribution in [3.63, 3.8) is 0 Å². The van der Waals surface area contributed by atoms with Crippen molar-refractivity contribution >= 4 is 0 Å². The Hall–Kier alpha value is -1.20. The number of hydrogen-bond donors (Lipinski definition) is 0. The number of hydrogen-bond acceptors (Lipinski definition) is 0. The second kappa shape index (κ2) is 5.21. The van der Waals surface area contributed by atoms with E-state index >= 15 is 0 Å². The molecule has 0 aromatic heterocycles. The van der Waals surface area contributed by atoms with Crippen LogP contribution >= 0.6 is 0 Å². The molecule has 1 saturated carbocycles. The Morgan fingerprint density at radius 3 is 1.62 bits per heavy atom. The third-order valence-electron chi connectivity index (χ3n) is 4.50. The Morgan fingerprint density at radius 1 is 0.810 bits per heavy atom. The van der Waals surface area contributed by atoms with Gasteiger partial charge in [0.15, 0.2) is 0 Å². The summed E-state index contributed by atoms with van der Waals surface area (Å²) in [6, 6.07) is 1.93. The highest BCUT2D eigenvalue weighted by molar-refractivity contribution is 5.36. The van der Waals surface area contributed by atoms with Gasteiger partial charge < -0.3 is 0 Å². The van der Waals surface area contributed by atoms with Crippen LogP contribution in [0.25, 0.3) is 0 Å². The number of benzene rings is 1. The lowest BCUT2D eigenvalue weighted by atomic mass is 9.85. The van der Waals surface area contributed by atoms with Crippen molar-refractivity contribution in [1.82, 2.24) is 0 Å². The Morgan fingerprint density at radius 2 is 1.29 bits per heavy atom. The predicted octanol–water partition coefficient (Wildman–Crippen LogP) is 5.87. The third-order valence-corrected chi connectivity index (χ3v) is 4.50. The van der Waals surface area contributed by atoms with Gasteiger partial charge in [-0.3, -0.25) is 0 Å². The molecule has 3 atom stereocenters. The molecule has 0 bridgehead atoms. The molecule has 0 N–H and O–H groups in total. The quantitative estimate of drug-likeness (QED) is 0.569. The molecular weight excluding hydrogens is 294 g/mol. The van der Waals surface area contributed by atoms with E-state index in [2.05, 4.69) is 0 Å². The first-order valence-corrected chi connectivity index (χ1v) is 6.79. The second-order valence-electron chi connectivity index (χ2n) is 5.86. The summed E-state index contributed by atoms with van der Waals surface area (Å²) in [6.07, 6.45) is -8.10. The van der Waals surface area contributed by atoms with Crippen molar-refractivity contribution in [1.29, 1.82) is 0 Å². The molecule has 0 aliphatic heterocycles. The lowest BCUT2D eigenvalue weighted by molar-refractivity contribution is -0.143. The van der Waals surface area contributed by atoms with Crippen molar-refractivity contribution in [2.75, 3.05) is 0 Å². The molecule has 0 spiro atoms. The fourth-order valence-corrected chi connectivity index (χ4v) is 3.03. The van der Waals surface area contributed by atoms with Crippen molar-refractivity contribution < 1.29 is 26.3 Å². The molecule has 0 nitrogen and oxygen atoms in total. The standard InChI is InChI=1S/C15H16F6/c1-8-3-4-13(9(8)2)10-5-11(14(16,17)18)7-12(6-10)15(19,20)21/h5-9,13H,3-4H2,1-2H3. The van der Waals surface area contributed by atoms with Gasteiger partial charge in [-0.1, -0.05) is 13.8 Å². The monoisotopic (exact) mass is 310 g/mol. The summed E-state index contributed by atoms with van der Waals surface area (Å²) in [5, 5.41) is 0. The average molecular weight is 310 g/mol. The summed E-state index contributed by atoms with van der Waals surface area (Å²) in [4.78, 5) is 0. The SMILES string of the molecule is CC1CCC(c2cc(C(F)(F)F)cc(C(F)(F)F)c2)C1C. The van der Waals surface area contributed by atoms with Crippen LogP contribution in [-0.4, -0.2) is 0 Å². The van der Waals surface area contributed by atoms with Crippen LogP contribution in [0.5, 0.6) is 0 Å². The van der Waals surface area contributed by atoms with Gasteiger partial charge in [0.25, 0.3) is 0 Å². The van der Waals surface area contributed by atoms with Crippen molar-refractivity contribution in [2.45, 2.75) is 45.0 Å². The molecule has 0 heterocycles. The van der Waals surface area contributed by atoms with Gasteiger partial charge in [-0.2, -0.15) is 26.3 Å². The molecule has 0 radical (unpaired) electrons. The highest BCUT2D eigenvalue weighted by atomic mass is 19.4. The van der Waals surface area contributed by atoms with E-state index < -0.39 is 23.5 Å². The largest absolute Gasteiger partial charge is 0.416 e. The van der Waals surface area contributed by atoms with Crippen LogP contribution in [0.2, 0.25) is 0 Å². The van der Waals surface area contributed by atoms with E-state index in [1.165, 1.54) is 0 Å². The molecule has 1 aromatic rings. The van der Waals surface area contributed by atoms with Crippen LogP contribution in [0.4, 0.5) is 26.3 Å². The fraction of sp³-hybridized carbons (Fsp3) is 0.600. The summed E-state index contributed by atoms with van der Waals surface area (Å²) in [5.74, 6) is 0.136. The molecule has 2 rings (SSSR count). The van der Waals surface area contributed by atoms with E-state index in [1.54, 1.807) is 0 Å². The van der Waals surface area contributed by atoms with E-state index in [0.29, 0.717) is 12.3 Å². The third kappa shape index (κ3) is 3.35. The smallest absolute Gasteiger partial charge is 0.166 e. The van der Waals surface area contributed by atoms with Gasteiger partial charge >= 0.3 is 12.4 Å². The number of halogens is 6. The lowest BCUT2D eigenvalue weighted by Gasteiger charge is -2.21. The molecule has 1 aromatic carbocycles. The maximum absolute atomic E-state index is 12.8. The minimum Gasteiger partial charge on any atom is -0.166 e. The van der Waals surface area contributed by atoms with Crippen LogP contribution in [0.1, 0.15) is 49.3 Å². The first-order chi connectivity index (χ1) is 9.50. The zero-order valence-electron chi connectivity index (χ0n) is 11.6. The van der Waals surface area contributed by atoms with Gasteiger partial charge in [-0.15, -0.1) is 0 Å². The molecular formula is C15H16F6. The molecule has 1 aliphatic rings. The van der Waals surface area contributed by atoms with Crippen LogP contribution < -0.4 is 0 Å². The van der Waals surface area contributed by atoms with E-state index in [4.69, 9.17) is 0 Å². The Kier molecular flexibility index (Phi) is 4.02. The zero-order chi connectivity index (χ0) is 16.0. The number of alkyl halides is 6. The molecule has 6 heteroatoms. The van der Waals surface area contributed by atoms with E-state index in [1.807, 2.05) is 13.8 Å². The van der Waals surface area contributed by atoms with Gasteiger partial charge in [0.2, 0.25) is 0 Å². The van der Waals surface area contributed by atoms with Gasteiger partial charge in [0, 0.05) is 0 Å². The fourth-order valence-electron chi connectivity index (χ4n) is 3.03. The van der Waals surface area contributed by atoms with Crippen LogP contribution in [0.3, 0.4) is 0 Å². The molecule has 1 fully saturated rings. The Balaban J connectivity index is 2.51. The summed E-state index contributed by atoms with van der Waals surface area (Å²) < 4.78 is 77.0. The molecule has 3 unspecified atom stereocenters. The molecule has 0 amide bonds. The highest BCUT2D eigenvalue weighted by Gasteiger charge is 2.39. The lowest BCUT2D eigenvalue weighted by Crippen LogP contribution is -2.14. The van der Waals surface area contributed by atoms with Crippen molar-refractivity contribution in [3.8, 4) is 0 Å². The van der Waals surface area contributed by atoms with E-state index in [9.17, 15) is 26.3 Å². The average Bonchev–Trinajstić information content (AvgIpc) is 2.67. The van der Waals surface area contributed by atoms with Crippen LogP contribution in [-0.2, 0) is 12.4 Å². The summed E-state index contributed by atoms with van der Waals surface area (Å²) in [6.45, 7) is 3.86. The first kappa shape index (κ1) is 16.2. The maximum Gasteiger partial charge on any atom is 0.416 e. The second-order valence-corrected chi connectivity index (χ2v) is 5.86. The summed E-state index contributed by atoms with van der Waals surface area (Å²) in [7, 11) is 0.